The Balaban J connectivity index is 1.43. The number of furan rings is 2. The molecule has 0 unspecified atom stereocenters. The molecule has 4 aromatic rings. The molecular formula is C19H11F3N2O5. The van der Waals surface area contributed by atoms with E-state index in [9.17, 15) is 18.0 Å². The second kappa shape index (κ2) is 7.30. The third-order valence-electron chi connectivity index (χ3n) is 3.81. The van der Waals surface area contributed by atoms with E-state index in [0.29, 0.717) is 5.76 Å². The Labute approximate surface area is 160 Å². The number of carbonyl (C=O) groups is 1. The molecule has 0 spiro atoms. The second-order valence-corrected chi connectivity index (χ2v) is 5.81. The molecule has 0 atom stereocenters. The van der Waals surface area contributed by atoms with E-state index in [1.54, 1.807) is 12.1 Å². The SMILES string of the molecule is O=C(OCc1noc(-c2ccco2)n1)c1ccc(-c2cccc(C(F)(F)F)c2)o1. The third kappa shape index (κ3) is 4.05. The minimum atomic E-state index is -4.48. The molecule has 4 rings (SSSR count). The number of carbonyl (C=O) groups excluding carboxylic acids is 1. The number of benzene rings is 1. The number of rotatable bonds is 5. The molecule has 0 bridgehead atoms. The van der Waals surface area contributed by atoms with Crippen molar-refractivity contribution in [2.24, 2.45) is 0 Å². The van der Waals surface area contributed by atoms with E-state index >= 15 is 0 Å². The van der Waals surface area contributed by atoms with E-state index < -0.39 is 17.7 Å². The summed E-state index contributed by atoms with van der Waals surface area (Å²) in [7, 11) is 0. The Morgan fingerprint density at radius 3 is 2.69 bits per heavy atom. The van der Waals surface area contributed by atoms with E-state index in [2.05, 4.69) is 10.1 Å². The van der Waals surface area contributed by atoms with Crippen LogP contribution in [0.2, 0.25) is 0 Å². The van der Waals surface area contributed by atoms with Crippen molar-refractivity contribution in [1.82, 2.24) is 10.1 Å². The van der Waals surface area contributed by atoms with Gasteiger partial charge in [-0.05, 0) is 36.4 Å². The topological polar surface area (TPSA) is 91.5 Å². The van der Waals surface area contributed by atoms with Crippen LogP contribution in [0, 0.1) is 0 Å². The molecule has 0 fully saturated rings. The van der Waals surface area contributed by atoms with Gasteiger partial charge in [0.1, 0.15) is 5.76 Å². The van der Waals surface area contributed by atoms with Crippen molar-refractivity contribution in [1.29, 1.82) is 0 Å². The zero-order chi connectivity index (χ0) is 20.4. The van der Waals surface area contributed by atoms with Crippen LogP contribution in [-0.2, 0) is 17.5 Å². The average molecular weight is 404 g/mol. The first kappa shape index (κ1) is 18.5. The molecule has 10 heteroatoms. The summed E-state index contributed by atoms with van der Waals surface area (Å²) in [6.45, 7) is -0.289. The maximum absolute atomic E-state index is 12.8. The van der Waals surface area contributed by atoms with E-state index in [0.717, 1.165) is 12.1 Å². The summed E-state index contributed by atoms with van der Waals surface area (Å²) in [5.41, 5.74) is -0.639. The van der Waals surface area contributed by atoms with Crippen LogP contribution in [0.4, 0.5) is 13.2 Å². The first-order valence-electron chi connectivity index (χ1n) is 8.21. The number of alkyl halides is 3. The predicted octanol–water partition coefficient (Wildman–Crippen LogP) is 4.97. The van der Waals surface area contributed by atoms with Crippen LogP contribution in [0.1, 0.15) is 21.9 Å². The monoisotopic (exact) mass is 404 g/mol. The van der Waals surface area contributed by atoms with Gasteiger partial charge in [-0.15, -0.1) is 0 Å². The maximum atomic E-state index is 12.8. The van der Waals surface area contributed by atoms with Crippen molar-refractivity contribution < 1.29 is 36.1 Å². The van der Waals surface area contributed by atoms with Crippen molar-refractivity contribution in [2.75, 3.05) is 0 Å². The van der Waals surface area contributed by atoms with Gasteiger partial charge in [0.05, 0.1) is 11.8 Å². The van der Waals surface area contributed by atoms with Crippen LogP contribution in [0.5, 0.6) is 0 Å². The summed E-state index contributed by atoms with van der Waals surface area (Å²) >= 11 is 0. The normalized spacial score (nSPS) is 11.6. The lowest BCUT2D eigenvalue weighted by molar-refractivity contribution is -0.137. The summed E-state index contributed by atoms with van der Waals surface area (Å²) in [5.74, 6) is -0.297. The fraction of sp³-hybridized carbons (Fsp3) is 0.105. The van der Waals surface area contributed by atoms with Crippen LogP contribution >= 0.6 is 0 Å². The van der Waals surface area contributed by atoms with Gasteiger partial charge in [0.15, 0.2) is 12.4 Å². The Morgan fingerprint density at radius 1 is 1.07 bits per heavy atom. The van der Waals surface area contributed by atoms with Crippen molar-refractivity contribution in [3.05, 3.63) is 71.9 Å². The highest BCUT2D eigenvalue weighted by molar-refractivity contribution is 5.87. The first-order chi connectivity index (χ1) is 13.9. The number of esters is 1. The zero-order valence-corrected chi connectivity index (χ0v) is 14.5. The number of ether oxygens (including phenoxy) is 1. The van der Waals surface area contributed by atoms with E-state index in [1.165, 1.54) is 30.5 Å². The van der Waals surface area contributed by atoms with Crippen molar-refractivity contribution in [3.8, 4) is 23.0 Å². The van der Waals surface area contributed by atoms with Gasteiger partial charge in [-0.25, -0.2) is 4.79 Å². The molecule has 0 radical (unpaired) electrons. The fourth-order valence-electron chi connectivity index (χ4n) is 2.47. The van der Waals surface area contributed by atoms with Gasteiger partial charge in [0.2, 0.25) is 11.6 Å². The van der Waals surface area contributed by atoms with Crippen molar-refractivity contribution in [3.63, 3.8) is 0 Å². The molecule has 1 aromatic carbocycles. The molecular weight excluding hydrogens is 393 g/mol. The highest BCUT2D eigenvalue weighted by Gasteiger charge is 2.30. The first-order valence-corrected chi connectivity index (χ1v) is 8.21. The molecule has 0 aliphatic carbocycles. The van der Waals surface area contributed by atoms with Crippen LogP contribution in [0.15, 0.2) is 68.2 Å². The Morgan fingerprint density at radius 2 is 1.93 bits per heavy atom. The van der Waals surface area contributed by atoms with Crippen LogP contribution in [0.25, 0.3) is 23.0 Å². The fourth-order valence-corrected chi connectivity index (χ4v) is 2.47. The molecule has 3 heterocycles. The standard InChI is InChI=1S/C19H11F3N2O5/c20-19(21,22)12-4-1-3-11(9-12)13-6-7-15(28-13)18(25)27-10-16-23-17(29-24-16)14-5-2-8-26-14/h1-9H,10H2. The predicted molar refractivity (Wildman–Crippen MR) is 90.3 cm³/mol. The zero-order valence-electron chi connectivity index (χ0n) is 14.5. The number of halogens is 3. The van der Waals surface area contributed by atoms with Gasteiger partial charge in [-0.3, -0.25) is 0 Å². The maximum Gasteiger partial charge on any atom is 0.416 e. The summed E-state index contributed by atoms with van der Waals surface area (Å²) in [5, 5.41) is 3.66. The van der Waals surface area contributed by atoms with Gasteiger partial charge in [-0.2, -0.15) is 18.2 Å². The molecule has 0 amide bonds. The summed E-state index contributed by atoms with van der Waals surface area (Å²) in [6.07, 6.45) is -3.04. The number of nitrogens with zero attached hydrogens (tertiary/aromatic N) is 2. The lowest BCUT2D eigenvalue weighted by Gasteiger charge is -2.07. The molecule has 0 saturated carbocycles. The number of aromatic nitrogens is 2. The number of hydrogen-bond acceptors (Lipinski definition) is 7. The van der Waals surface area contributed by atoms with Gasteiger partial charge in [0.25, 0.3) is 5.89 Å². The summed E-state index contributed by atoms with van der Waals surface area (Å²) < 4.78 is 59.0. The van der Waals surface area contributed by atoms with Gasteiger partial charge < -0.3 is 18.1 Å². The van der Waals surface area contributed by atoms with Crippen LogP contribution in [0.3, 0.4) is 0 Å². The van der Waals surface area contributed by atoms with Crippen LogP contribution in [-0.4, -0.2) is 16.1 Å². The van der Waals surface area contributed by atoms with E-state index in [4.69, 9.17) is 18.1 Å². The Hall–Kier alpha value is -3.82. The van der Waals surface area contributed by atoms with Gasteiger partial charge >= 0.3 is 12.1 Å². The summed E-state index contributed by atoms with van der Waals surface area (Å²) in [6, 6.07) is 10.6. The Kier molecular flexibility index (Phi) is 4.67. The molecule has 148 valence electrons. The highest BCUT2D eigenvalue weighted by Crippen LogP contribution is 2.32. The summed E-state index contributed by atoms with van der Waals surface area (Å²) in [4.78, 5) is 16.1. The molecule has 0 aliphatic rings. The number of hydrogen-bond donors (Lipinski definition) is 0. The van der Waals surface area contributed by atoms with E-state index in [-0.39, 0.29) is 35.4 Å². The quantitative estimate of drug-likeness (QED) is 0.434. The molecule has 0 saturated heterocycles. The minimum absolute atomic E-state index is 0.0997. The van der Waals surface area contributed by atoms with Crippen LogP contribution < -0.4 is 0 Å². The van der Waals surface area contributed by atoms with E-state index in [1.807, 2.05) is 0 Å². The smallest absolute Gasteiger partial charge is 0.416 e. The Bertz CT molecular complexity index is 1130. The minimum Gasteiger partial charge on any atom is -0.459 e. The lowest BCUT2D eigenvalue weighted by Crippen LogP contribution is -2.05. The van der Waals surface area contributed by atoms with Gasteiger partial charge in [-0.1, -0.05) is 17.3 Å². The van der Waals surface area contributed by atoms with Crippen molar-refractivity contribution >= 4 is 5.97 Å². The second-order valence-electron chi connectivity index (χ2n) is 5.81. The molecule has 29 heavy (non-hydrogen) atoms. The molecule has 0 aliphatic heterocycles. The van der Waals surface area contributed by atoms with Gasteiger partial charge in [0, 0.05) is 5.56 Å². The largest absolute Gasteiger partial charge is 0.459 e. The molecule has 0 N–H and O–H groups in total. The average Bonchev–Trinajstić information content (AvgIpc) is 3.47. The molecule has 7 nitrogen and oxygen atoms in total. The highest BCUT2D eigenvalue weighted by atomic mass is 19.4. The third-order valence-corrected chi connectivity index (χ3v) is 3.81. The van der Waals surface area contributed by atoms with Crippen molar-refractivity contribution in [2.45, 2.75) is 12.8 Å². The lowest BCUT2D eigenvalue weighted by atomic mass is 10.1. The molecule has 3 aromatic heterocycles.